The molecule has 0 spiro atoms. The summed E-state index contributed by atoms with van der Waals surface area (Å²) in [5.74, 6) is 0.794. The molecule has 0 aromatic carbocycles. The molecule has 110 valence electrons. The molecule has 2 aliphatic rings. The number of aromatic nitrogens is 1. The lowest BCUT2D eigenvalue weighted by atomic mass is 9.95. The summed E-state index contributed by atoms with van der Waals surface area (Å²) >= 11 is 0. The number of pyridine rings is 1. The summed E-state index contributed by atoms with van der Waals surface area (Å²) in [4.78, 5) is 4.42. The van der Waals surface area contributed by atoms with Gasteiger partial charge in [-0.05, 0) is 38.2 Å². The van der Waals surface area contributed by atoms with Gasteiger partial charge in [-0.1, -0.05) is 6.07 Å². The smallest absolute Gasteiger partial charge is 0.218 e. The van der Waals surface area contributed by atoms with E-state index in [9.17, 15) is 0 Å². The quantitative estimate of drug-likeness (QED) is 0.867. The number of ether oxygens (including phenoxy) is 2. The number of nitrogens with one attached hydrogen (secondary N) is 1. The molecule has 0 aliphatic heterocycles. The molecule has 3 rings (SSSR count). The largest absolute Gasteiger partial charge is 0.474 e. The normalized spacial score (nSPS) is 26.4. The molecule has 2 unspecified atom stereocenters. The minimum Gasteiger partial charge on any atom is -0.474 e. The van der Waals surface area contributed by atoms with Crippen LogP contribution in [0.25, 0.3) is 0 Å². The van der Waals surface area contributed by atoms with Gasteiger partial charge < -0.3 is 14.8 Å². The molecule has 4 heteroatoms. The first-order valence-electron chi connectivity index (χ1n) is 7.72. The van der Waals surface area contributed by atoms with Crippen molar-refractivity contribution < 1.29 is 9.47 Å². The van der Waals surface area contributed by atoms with E-state index in [1.54, 1.807) is 7.11 Å². The second-order valence-electron chi connectivity index (χ2n) is 5.89. The molecule has 1 aromatic heterocycles. The molecular formula is C16H24N2O2. The Bertz CT molecular complexity index is 434. The summed E-state index contributed by atoms with van der Waals surface area (Å²) in [6, 6.07) is 4.79. The van der Waals surface area contributed by atoms with Crippen molar-refractivity contribution >= 4 is 0 Å². The monoisotopic (exact) mass is 276 g/mol. The van der Waals surface area contributed by atoms with Crippen LogP contribution in [0.3, 0.4) is 0 Å². The van der Waals surface area contributed by atoms with E-state index >= 15 is 0 Å². The van der Waals surface area contributed by atoms with Crippen molar-refractivity contribution in [2.45, 2.75) is 63.3 Å². The average Bonchev–Trinajstić information content (AvgIpc) is 3.31. The summed E-state index contributed by atoms with van der Waals surface area (Å²) in [6.45, 7) is 0.855. The number of hydrogen-bond donors (Lipinski definition) is 1. The Balaban J connectivity index is 1.60. The molecule has 20 heavy (non-hydrogen) atoms. The van der Waals surface area contributed by atoms with Gasteiger partial charge in [0.05, 0.1) is 6.10 Å². The van der Waals surface area contributed by atoms with Gasteiger partial charge in [-0.15, -0.1) is 0 Å². The third-order valence-electron chi connectivity index (χ3n) is 4.20. The van der Waals surface area contributed by atoms with Gasteiger partial charge in [-0.2, -0.15) is 0 Å². The molecule has 0 bridgehead atoms. The number of methoxy groups -OCH3 is 1. The summed E-state index contributed by atoms with van der Waals surface area (Å²) in [5, 5.41) is 3.53. The first-order valence-corrected chi connectivity index (χ1v) is 7.72. The van der Waals surface area contributed by atoms with E-state index in [0.29, 0.717) is 12.1 Å². The minimum atomic E-state index is 0.239. The highest BCUT2D eigenvalue weighted by atomic mass is 16.5. The highest BCUT2D eigenvalue weighted by Gasteiger charge is 2.25. The molecule has 4 nitrogen and oxygen atoms in total. The van der Waals surface area contributed by atoms with Gasteiger partial charge in [0.15, 0.2) is 0 Å². The van der Waals surface area contributed by atoms with Crippen molar-refractivity contribution in [2.75, 3.05) is 7.11 Å². The van der Waals surface area contributed by atoms with E-state index in [2.05, 4.69) is 16.4 Å². The summed E-state index contributed by atoms with van der Waals surface area (Å²) in [7, 11) is 1.79. The Hall–Kier alpha value is -1.13. The van der Waals surface area contributed by atoms with Crippen LogP contribution in [0.5, 0.6) is 5.88 Å². The third kappa shape index (κ3) is 3.70. The highest BCUT2D eigenvalue weighted by Crippen LogP contribution is 2.26. The first kappa shape index (κ1) is 13.8. The van der Waals surface area contributed by atoms with Crippen LogP contribution in [-0.4, -0.2) is 30.3 Å². The topological polar surface area (TPSA) is 43.4 Å². The molecule has 1 N–H and O–H groups in total. The maximum absolute atomic E-state index is 6.14. The second kappa shape index (κ2) is 6.55. The Morgan fingerprint density at radius 3 is 2.90 bits per heavy atom. The van der Waals surface area contributed by atoms with E-state index in [1.165, 1.54) is 24.8 Å². The van der Waals surface area contributed by atoms with Crippen molar-refractivity contribution in [3.8, 4) is 5.88 Å². The van der Waals surface area contributed by atoms with Crippen molar-refractivity contribution in [3.63, 3.8) is 0 Å². The van der Waals surface area contributed by atoms with Crippen LogP contribution in [0.4, 0.5) is 0 Å². The van der Waals surface area contributed by atoms with Crippen molar-refractivity contribution in [1.29, 1.82) is 0 Å². The number of rotatable bonds is 6. The number of nitrogens with zero attached hydrogens (tertiary/aromatic N) is 1. The molecule has 0 amide bonds. The van der Waals surface area contributed by atoms with E-state index in [1.807, 2.05) is 12.3 Å². The fourth-order valence-electron chi connectivity index (χ4n) is 2.79. The lowest BCUT2D eigenvalue weighted by molar-refractivity contribution is 0.0191. The Labute approximate surface area is 120 Å². The second-order valence-corrected chi connectivity index (χ2v) is 5.89. The fraction of sp³-hybridized carbons (Fsp3) is 0.688. The van der Waals surface area contributed by atoms with Crippen LogP contribution in [0.2, 0.25) is 0 Å². The lowest BCUT2D eigenvalue weighted by Crippen LogP contribution is -2.30. The van der Waals surface area contributed by atoms with Gasteiger partial charge in [0.25, 0.3) is 0 Å². The van der Waals surface area contributed by atoms with Gasteiger partial charge in [0.1, 0.15) is 6.10 Å². The average molecular weight is 276 g/mol. The first-order chi connectivity index (χ1) is 9.85. The zero-order valence-electron chi connectivity index (χ0n) is 12.2. The van der Waals surface area contributed by atoms with Gasteiger partial charge in [0, 0.05) is 37.9 Å². The van der Waals surface area contributed by atoms with Crippen LogP contribution < -0.4 is 10.1 Å². The van der Waals surface area contributed by atoms with E-state index < -0.39 is 0 Å². The van der Waals surface area contributed by atoms with Crippen LogP contribution >= 0.6 is 0 Å². The molecule has 2 atom stereocenters. The minimum absolute atomic E-state index is 0.239. The van der Waals surface area contributed by atoms with Gasteiger partial charge >= 0.3 is 0 Å². The number of hydrogen-bond acceptors (Lipinski definition) is 4. The molecule has 0 saturated heterocycles. The van der Waals surface area contributed by atoms with Crippen LogP contribution in [-0.2, 0) is 11.3 Å². The molecule has 2 fully saturated rings. The fourth-order valence-corrected chi connectivity index (χ4v) is 2.79. The zero-order valence-corrected chi connectivity index (χ0v) is 12.2. The predicted octanol–water partition coefficient (Wildman–Crippen LogP) is 2.67. The van der Waals surface area contributed by atoms with E-state index in [0.717, 1.165) is 31.7 Å². The standard InChI is InChI=1S/C16H24N2O2/c1-19-14-5-2-6-15(10-14)20-16-12(4-3-9-17-16)11-18-13-7-8-13/h3-4,9,13-15,18H,2,5-8,10-11H2,1H3. The van der Waals surface area contributed by atoms with Crippen molar-refractivity contribution in [3.05, 3.63) is 23.9 Å². The summed E-state index contributed by atoms with van der Waals surface area (Å²) in [5.41, 5.74) is 1.17. The lowest BCUT2D eigenvalue weighted by Gasteiger charge is -2.28. The summed E-state index contributed by atoms with van der Waals surface area (Å²) < 4.78 is 11.6. The van der Waals surface area contributed by atoms with E-state index in [4.69, 9.17) is 9.47 Å². The van der Waals surface area contributed by atoms with E-state index in [-0.39, 0.29) is 6.10 Å². The Kier molecular flexibility index (Phi) is 4.53. The maximum Gasteiger partial charge on any atom is 0.218 e. The molecular weight excluding hydrogens is 252 g/mol. The third-order valence-corrected chi connectivity index (χ3v) is 4.20. The van der Waals surface area contributed by atoms with Crippen molar-refractivity contribution in [2.24, 2.45) is 0 Å². The van der Waals surface area contributed by atoms with Crippen LogP contribution in [0, 0.1) is 0 Å². The van der Waals surface area contributed by atoms with Crippen molar-refractivity contribution in [1.82, 2.24) is 10.3 Å². The summed E-state index contributed by atoms with van der Waals surface area (Å²) in [6.07, 6.45) is 9.39. The highest BCUT2D eigenvalue weighted by molar-refractivity contribution is 5.25. The SMILES string of the molecule is COC1CCCC(Oc2ncccc2CNC2CC2)C1. The molecule has 2 saturated carbocycles. The van der Waals surface area contributed by atoms with Crippen LogP contribution in [0.1, 0.15) is 44.1 Å². The van der Waals surface area contributed by atoms with Crippen LogP contribution in [0.15, 0.2) is 18.3 Å². The Morgan fingerprint density at radius 1 is 1.25 bits per heavy atom. The molecule has 0 radical (unpaired) electrons. The molecule has 2 aliphatic carbocycles. The van der Waals surface area contributed by atoms with Gasteiger partial charge in [-0.25, -0.2) is 4.98 Å². The molecule has 1 heterocycles. The Morgan fingerprint density at radius 2 is 2.10 bits per heavy atom. The maximum atomic E-state index is 6.14. The van der Waals surface area contributed by atoms with Gasteiger partial charge in [-0.3, -0.25) is 0 Å². The predicted molar refractivity (Wildman–Crippen MR) is 77.8 cm³/mol. The molecule has 1 aromatic rings. The van der Waals surface area contributed by atoms with Gasteiger partial charge in [0.2, 0.25) is 5.88 Å². The zero-order chi connectivity index (χ0) is 13.8.